The summed E-state index contributed by atoms with van der Waals surface area (Å²) in [7, 11) is 4.14. The van der Waals surface area contributed by atoms with E-state index in [-0.39, 0.29) is 17.4 Å². The van der Waals surface area contributed by atoms with E-state index in [0.29, 0.717) is 8.58 Å². The molecule has 0 aromatic heterocycles. The Morgan fingerprint density at radius 3 is 2.36 bits per heavy atom. The summed E-state index contributed by atoms with van der Waals surface area (Å²) in [6, 6.07) is 11.4. The molecule has 0 fully saturated rings. The van der Waals surface area contributed by atoms with E-state index in [1.54, 1.807) is 7.11 Å². The molecular formula is C29H44NO2P. The zero-order valence-electron chi connectivity index (χ0n) is 22.3. The van der Waals surface area contributed by atoms with Gasteiger partial charge in [-0.2, -0.15) is 0 Å². The van der Waals surface area contributed by atoms with Gasteiger partial charge in [0, 0.05) is 31.1 Å². The largest absolute Gasteiger partial charge is 0.467 e. The van der Waals surface area contributed by atoms with Crippen LogP contribution >= 0.6 is 8.58 Å². The number of hydrogen-bond acceptors (Lipinski definition) is 3. The van der Waals surface area contributed by atoms with Gasteiger partial charge in [-0.15, -0.1) is 0 Å². The quantitative estimate of drug-likeness (QED) is 0.148. The summed E-state index contributed by atoms with van der Waals surface area (Å²) in [5.41, 5.74) is 6.39. The lowest BCUT2D eigenvalue weighted by atomic mass is 9.82. The third-order valence-electron chi connectivity index (χ3n) is 6.22. The van der Waals surface area contributed by atoms with Crippen LogP contribution in [-0.2, 0) is 15.3 Å². The zero-order chi connectivity index (χ0) is 24.6. The Morgan fingerprint density at radius 2 is 1.76 bits per heavy atom. The van der Waals surface area contributed by atoms with Crippen molar-refractivity contribution in [2.75, 3.05) is 21.0 Å². The van der Waals surface area contributed by atoms with Gasteiger partial charge in [0.25, 0.3) is 0 Å². The average Bonchev–Trinajstić information content (AvgIpc) is 2.74. The number of ether oxygens (including phenoxy) is 2. The number of aryl methyl sites for hydroxylation is 2. The van der Waals surface area contributed by atoms with E-state index in [4.69, 9.17) is 9.47 Å². The molecule has 3 nitrogen and oxygen atoms in total. The highest BCUT2D eigenvalue weighted by Crippen LogP contribution is 2.50. The number of hydrogen-bond donors (Lipinski definition) is 0. The van der Waals surface area contributed by atoms with Gasteiger partial charge >= 0.3 is 0 Å². The second-order valence-corrected chi connectivity index (χ2v) is 12.3. The van der Waals surface area contributed by atoms with Gasteiger partial charge in [-0.3, -0.25) is 4.99 Å². The van der Waals surface area contributed by atoms with Gasteiger partial charge in [0.1, 0.15) is 5.75 Å². The Morgan fingerprint density at radius 1 is 1.03 bits per heavy atom. The molecule has 33 heavy (non-hydrogen) atoms. The van der Waals surface area contributed by atoms with Crippen LogP contribution in [0.2, 0.25) is 0 Å². The maximum absolute atomic E-state index is 6.23. The Balaban J connectivity index is 2.70. The van der Waals surface area contributed by atoms with Crippen molar-refractivity contribution in [1.82, 2.24) is 0 Å². The number of benzene rings is 2. The fourth-order valence-electron chi connectivity index (χ4n) is 4.26. The summed E-state index contributed by atoms with van der Waals surface area (Å²) in [6.07, 6.45) is 6.77. The molecule has 2 aromatic carbocycles. The van der Waals surface area contributed by atoms with Crippen LogP contribution in [0.15, 0.2) is 35.3 Å². The van der Waals surface area contributed by atoms with Crippen LogP contribution in [0.4, 0.5) is 0 Å². The topological polar surface area (TPSA) is 30.8 Å². The minimum absolute atomic E-state index is 0.0458. The highest BCUT2D eigenvalue weighted by Gasteiger charge is 2.33. The van der Waals surface area contributed by atoms with Crippen LogP contribution in [0, 0.1) is 13.8 Å². The van der Waals surface area contributed by atoms with Gasteiger partial charge in [-0.1, -0.05) is 92.3 Å². The maximum atomic E-state index is 6.23. The van der Waals surface area contributed by atoms with Gasteiger partial charge in [-0.25, -0.2) is 0 Å². The molecule has 182 valence electrons. The first kappa shape index (κ1) is 27.5. The van der Waals surface area contributed by atoms with Gasteiger partial charge in [0.05, 0.1) is 0 Å². The minimum Gasteiger partial charge on any atom is -0.467 e. The summed E-state index contributed by atoms with van der Waals surface area (Å²) < 4.78 is 11.5. The molecule has 0 saturated heterocycles. The van der Waals surface area contributed by atoms with Crippen molar-refractivity contribution >= 4 is 20.1 Å². The summed E-state index contributed by atoms with van der Waals surface area (Å²) in [5.74, 6) is 0.981. The van der Waals surface area contributed by atoms with Crippen molar-refractivity contribution in [3.05, 3.63) is 58.1 Å². The van der Waals surface area contributed by atoms with E-state index < -0.39 is 0 Å². The standard InChI is InChI=1S/C29H44NO2P/c1-10-11-12-15-29(7,33-26-14-13-21(2)16-23(26)19-30-8)25-18-24(28(4,5)6)17-22(3)27(25)32-20-31-9/h13-14,16-19,33H,10-12,15,20H2,1-9H3/b30-19+. The highest BCUT2D eigenvalue weighted by atomic mass is 31.1. The molecule has 2 unspecified atom stereocenters. The third kappa shape index (κ3) is 7.39. The third-order valence-corrected chi connectivity index (χ3v) is 8.02. The number of aliphatic imine (C=N–C) groups is 1. The summed E-state index contributed by atoms with van der Waals surface area (Å²) >= 11 is 0. The minimum atomic E-state index is -0.0458. The molecule has 0 saturated carbocycles. The lowest BCUT2D eigenvalue weighted by molar-refractivity contribution is 0.0494. The molecule has 2 aromatic rings. The van der Waals surface area contributed by atoms with Gasteiger partial charge < -0.3 is 9.47 Å². The van der Waals surface area contributed by atoms with Crippen LogP contribution in [0.3, 0.4) is 0 Å². The Kier molecular flexibility index (Phi) is 10.1. The summed E-state index contributed by atoms with van der Waals surface area (Å²) in [5, 5.41) is 1.32. The number of nitrogens with zero attached hydrogens (tertiary/aromatic N) is 1. The molecule has 0 aliphatic heterocycles. The smallest absolute Gasteiger partial charge is 0.188 e. The fraction of sp³-hybridized carbons (Fsp3) is 0.552. The predicted octanol–water partition coefficient (Wildman–Crippen LogP) is 7.43. The lowest BCUT2D eigenvalue weighted by Gasteiger charge is -2.35. The van der Waals surface area contributed by atoms with E-state index in [2.05, 4.69) is 83.8 Å². The molecule has 0 spiro atoms. The zero-order valence-corrected chi connectivity index (χ0v) is 23.3. The summed E-state index contributed by atoms with van der Waals surface area (Å²) in [6.45, 7) is 16.1. The van der Waals surface area contributed by atoms with E-state index in [0.717, 1.165) is 12.2 Å². The molecule has 0 radical (unpaired) electrons. The molecule has 0 amide bonds. The van der Waals surface area contributed by atoms with Gasteiger partial charge in [0.2, 0.25) is 0 Å². The Labute approximate surface area is 204 Å². The fourth-order valence-corrected chi connectivity index (χ4v) is 5.92. The van der Waals surface area contributed by atoms with E-state index in [1.807, 2.05) is 13.3 Å². The normalized spacial score (nSPS) is 14.3. The van der Waals surface area contributed by atoms with Crippen LogP contribution in [0.1, 0.15) is 88.1 Å². The second-order valence-electron chi connectivity index (χ2n) is 10.4. The predicted molar refractivity (Wildman–Crippen MR) is 147 cm³/mol. The lowest BCUT2D eigenvalue weighted by Crippen LogP contribution is -2.24. The van der Waals surface area contributed by atoms with Crippen molar-refractivity contribution in [2.45, 2.75) is 84.7 Å². The molecule has 2 atom stereocenters. The van der Waals surface area contributed by atoms with Crippen molar-refractivity contribution < 1.29 is 9.47 Å². The first-order valence-electron chi connectivity index (χ1n) is 12.1. The van der Waals surface area contributed by atoms with E-state index in [1.165, 1.54) is 52.4 Å². The van der Waals surface area contributed by atoms with Gasteiger partial charge in [-0.05, 0) is 53.7 Å². The first-order valence-corrected chi connectivity index (χ1v) is 13.1. The maximum Gasteiger partial charge on any atom is 0.188 e. The highest BCUT2D eigenvalue weighted by molar-refractivity contribution is 7.48. The van der Waals surface area contributed by atoms with Crippen molar-refractivity contribution in [1.29, 1.82) is 0 Å². The van der Waals surface area contributed by atoms with Crippen molar-refractivity contribution in [3.8, 4) is 5.75 Å². The molecule has 0 aliphatic rings. The molecule has 0 aliphatic carbocycles. The summed E-state index contributed by atoms with van der Waals surface area (Å²) in [4.78, 5) is 4.34. The molecular weight excluding hydrogens is 425 g/mol. The van der Waals surface area contributed by atoms with Crippen LogP contribution in [0.25, 0.3) is 0 Å². The van der Waals surface area contributed by atoms with Crippen molar-refractivity contribution in [2.24, 2.45) is 4.99 Å². The van der Waals surface area contributed by atoms with E-state index in [9.17, 15) is 0 Å². The molecule has 2 rings (SSSR count). The number of unbranched alkanes of at least 4 members (excludes halogenated alkanes) is 2. The molecule has 4 heteroatoms. The van der Waals surface area contributed by atoms with Crippen LogP contribution < -0.4 is 10.0 Å². The van der Waals surface area contributed by atoms with Gasteiger partial charge in [0.15, 0.2) is 6.79 Å². The average molecular weight is 470 g/mol. The monoisotopic (exact) mass is 469 g/mol. The van der Waals surface area contributed by atoms with Crippen molar-refractivity contribution in [3.63, 3.8) is 0 Å². The SMILES string of the molecule is CCCCCC(C)(Pc1ccc(C)cc1/C=N/C)c1cc(C(C)(C)C)cc(C)c1OCOC. The second kappa shape index (κ2) is 12.1. The Bertz CT molecular complexity index is 945. The molecule has 0 bridgehead atoms. The Hall–Kier alpha value is -1.70. The van der Waals surface area contributed by atoms with Crippen LogP contribution in [-0.4, -0.2) is 27.2 Å². The van der Waals surface area contributed by atoms with E-state index >= 15 is 0 Å². The number of rotatable bonds is 11. The first-order chi connectivity index (χ1) is 15.6. The number of methoxy groups -OCH3 is 1. The van der Waals surface area contributed by atoms with Crippen LogP contribution in [0.5, 0.6) is 5.75 Å². The molecule has 0 N–H and O–H groups in total. The molecule has 0 heterocycles.